The molecule has 0 amide bonds. The Morgan fingerprint density at radius 1 is 1.29 bits per heavy atom. The Morgan fingerprint density at radius 2 is 2.10 bits per heavy atom. The van der Waals surface area contributed by atoms with Crippen LogP contribution in [0.25, 0.3) is 0 Å². The highest BCUT2D eigenvalue weighted by Crippen LogP contribution is 2.27. The molecule has 2 aromatic rings. The van der Waals surface area contributed by atoms with E-state index in [0.717, 1.165) is 35.5 Å². The van der Waals surface area contributed by atoms with E-state index in [1.165, 1.54) is 11.1 Å². The lowest BCUT2D eigenvalue weighted by Gasteiger charge is -2.22. The summed E-state index contributed by atoms with van der Waals surface area (Å²) in [6, 6.07) is 10.6. The van der Waals surface area contributed by atoms with Gasteiger partial charge in [0, 0.05) is 35.5 Å². The number of hydrogen-bond acceptors (Lipinski definition) is 3. The van der Waals surface area contributed by atoms with Crippen molar-refractivity contribution < 1.29 is 0 Å². The molecule has 0 aliphatic carbocycles. The molecule has 0 bridgehead atoms. The van der Waals surface area contributed by atoms with E-state index in [4.69, 9.17) is 0 Å². The first-order chi connectivity index (χ1) is 10.1. The number of aromatic nitrogens is 1. The molecule has 0 saturated heterocycles. The van der Waals surface area contributed by atoms with Crippen LogP contribution in [0.1, 0.15) is 24.5 Å². The third-order valence-corrected chi connectivity index (χ3v) is 3.79. The van der Waals surface area contributed by atoms with E-state index in [0.29, 0.717) is 0 Å². The second-order valence-electron chi connectivity index (χ2n) is 5.21. The first-order valence-electron chi connectivity index (χ1n) is 7.27. The maximum Gasteiger partial charge on any atom is 0.137 e. The van der Waals surface area contributed by atoms with Crippen LogP contribution in [0.15, 0.2) is 41.0 Å². The summed E-state index contributed by atoms with van der Waals surface area (Å²) in [4.78, 5) is 6.74. The van der Waals surface area contributed by atoms with Gasteiger partial charge in [0.15, 0.2) is 0 Å². The van der Waals surface area contributed by atoms with Crippen molar-refractivity contribution in [1.82, 2.24) is 10.3 Å². The molecule has 1 heterocycles. The summed E-state index contributed by atoms with van der Waals surface area (Å²) in [6.45, 7) is 6.12. The second kappa shape index (κ2) is 7.57. The maximum absolute atomic E-state index is 4.60. The molecule has 0 saturated carbocycles. The van der Waals surface area contributed by atoms with Gasteiger partial charge in [-0.2, -0.15) is 0 Å². The Balaban J connectivity index is 2.29. The zero-order valence-electron chi connectivity index (χ0n) is 12.9. The summed E-state index contributed by atoms with van der Waals surface area (Å²) >= 11 is 3.51. The van der Waals surface area contributed by atoms with Crippen molar-refractivity contribution in [1.29, 1.82) is 0 Å². The number of aryl methyl sites for hydroxylation is 1. The van der Waals surface area contributed by atoms with Crippen LogP contribution >= 0.6 is 15.9 Å². The Hall–Kier alpha value is -1.39. The van der Waals surface area contributed by atoms with Gasteiger partial charge in [-0.25, -0.2) is 4.98 Å². The molecule has 0 atom stereocenters. The van der Waals surface area contributed by atoms with Gasteiger partial charge in [0.05, 0.1) is 0 Å². The fraction of sp³-hybridized carbons (Fsp3) is 0.353. The van der Waals surface area contributed by atoms with Gasteiger partial charge in [0.25, 0.3) is 0 Å². The molecule has 112 valence electrons. The summed E-state index contributed by atoms with van der Waals surface area (Å²) in [7, 11) is 2.06. The number of pyridine rings is 1. The predicted octanol–water partition coefficient (Wildman–Crippen LogP) is 4.42. The third-order valence-electron chi connectivity index (χ3n) is 3.36. The lowest BCUT2D eigenvalue weighted by Crippen LogP contribution is -2.19. The normalized spacial score (nSPS) is 10.7. The Labute approximate surface area is 135 Å². The standard InChI is InChI=1S/C17H22BrN3/c1-4-8-19-11-14-10-15(18)12-20-17(14)21(3)16-7-5-6-13(2)9-16/h5-7,9-10,12,19H,4,8,11H2,1-3H3. The van der Waals surface area contributed by atoms with Crippen LogP contribution in [0.2, 0.25) is 0 Å². The van der Waals surface area contributed by atoms with E-state index >= 15 is 0 Å². The first kappa shape index (κ1) is 16.0. The molecule has 0 aliphatic heterocycles. The molecule has 4 heteroatoms. The van der Waals surface area contributed by atoms with E-state index < -0.39 is 0 Å². The van der Waals surface area contributed by atoms with Crippen LogP contribution in [0, 0.1) is 6.92 Å². The highest BCUT2D eigenvalue weighted by molar-refractivity contribution is 9.10. The molecule has 2 rings (SSSR count). The number of nitrogens with one attached hydrogen (secondary N) is 1. The van der Waals surface area contributed by atoms with Crippen LogP contribution in [-0.2, 0) is 6.54 Å². The molecule has 0 aliphatic rings. The van der Waals surface area contributed by atoms with Gasteiger partial charge in [0.2, 0.25) is 0 Å². The van der Waals surface area contributed by atoms with Crippen molar-refractivity contribution in [3.8, 4) is 0 Å². The SMILES string of the molecule is CCCNCc1cc(Br)cnc1N(C)c1cccc(C)c1. The van der Waals surface area contributed by atoms with E-state index in [1.54, 1.807) is 0 Å². The summed E-state index contributed by atoms with van der Waals surface area (Å²) in [5.74, 6) is 0.993. The van der Waals surface area contributed by atoms with Crippen LogP contribution in [0.3, 0.4) is 0 Å². The van der Waals surface area contributed by atoms with Crippen LogP contribution in [0.4, 0.5) is 11.5 Å². The second-order valence-corrected chi connectivity index (χ2v) is 6.13. The number of rotatable bonds is 6. The Bertz CT molecular complexity index is 598. The van der Waals surface area contributed by atoms with Crippen molar-refractivity contribution in [2.45, 2.75) is 26.8 Å². The average Bonchev–Trinajstić information content (AvgIpc) is 2.47. The topological polar surface area (TPSA) is 28.2 Å². The minimum atomic E-state index is 0.825. The van der Waals surface area contributed by atoms with Gasteiger partial charge in [0.1, 0.15) is 5.82 Å². The van der Waals surface area contributed by atoms with Gasteiger partial charge < -0.3 is 10.2 Å². The summed E-state index contributed by atoms with van der Waals surface area (Å²) in [6.07, 6.45) is 2.98. The molecular weight excluding hydrogens is 326 g/mol. The largest absolute Gasteiger partial charge is 0.329 e. The Morgan fingerprint density at radius 3 is 2.81 bits per heavy atom. The first-order valence-corrected chi connectivity index (χ1v) is 8.06. The molecule has 0 unspecified atom stereocenters. The Kier molecular flexibility index (Phi) is 5.76. The van der Waals surface area contributed by atoms with Gasteiger partial charge in [-0.1, -0.05) is 19.1 Å². The molecule has 0 radical (unpaired) electrons. The number of anilines is 2. The number of hydrogen-bond donors (Lipinski definition) is 1. The summed E-state index contributed by atoms with van der Waals surface area (Å²) in [5.41, 5.74) is 3.60. The third kappa shape index (κ3) is 4.29. The van der Waals surface area contributed by atoms with Gasteiger partial charge in [-0.3, -0.25) is 0 Å². The van der Waals surface area contributed by atoms with Gasteiger partial charge >= 0.3 is 0 Å². The highest BCUT2D eigenvalue weighted by atomic mass is 79.9. The van der Waals surface area contributed by atoms with Gasteiger partial charge in [-0.15, -0.1) is 0 Å². The number of halogens is 1. The van der Waals surface area contributed by atoms with E-state index in [1.807, 2.05) is 6.20 Å². The number of nitrogens with zero attached hydrogens (tertiary/aromatic N) is 2. The molecule has 1 aromatic carbocycles. The monoisotopic (exact) mass is 347 g/mol. The van der Waals surface area contributed by atoms with E-state index in [9.17, 15) is 0 Å². The smallest absolute Gasteiger partial charge is 0.137 e. The van der Waals surface area contributed by atoms with Crippen molar-refractivity contribution in [3.63, 3.8) is 0 Å². The molecule has 21 heavy (non-hydrogen) atoms. The predicted molar refractivity (Wildman–Crippen MR) is 93.2 cm³/mol. The van der Waals surface area contributed by atoms with Crippen LogP contribution in [-0.4, -0.2) is 18.6 Å². The van der Waals surface area contributed by atoms with E-state index in [2.05, 4.69) is 82.4 Å². The zero-order chi connectivity index (χ0) is 15.2. The molecule has 1 aromatic heterocycles. The van der Waals surface area contributed by atoms with Crippen molar-refractivity contribution in [3.05, 3.63) is 52.1 Å². The average molecular weight is 348 g/mol. The quantitative estimate of drug-likeness (QED) is 0.784. The summed E-state index contributed by atoms with van der Waals surface area (Å²) in [5, 5.41) is 3.45. The van der Waals surface area contributed by atoms with E-state index in [-0.39, 0.29) is 0 Å². The fourth-order valence-corrected chi connectivity index (χ4v) is 2.64. The fourth-order valence-electron chi connectivity index (χ4n) is 2.26. The molecule has 0 spiro atoms. The molecular formula is C17H22BrN3. The highest BCUT2D eigenvalue weighted by Gasteiger charge is 2.11. The zero-order valence-corrected chi connectivity index (χ0v) is 14.4. The molecule has 3 nitrogen and oxygen atoms in total. The lowest BCUT2D eigenvalue weighted by molar-refractivity contribution is 0.673. The maximum atomic E-state index is 4.60. The van der Waals surface area contributed by atoms with Gasteiger partial charge in [-0.05, 0) is 59.6 Å². The van der Waals surface area contributed by atoms with Crippen LogP contribution in [0.5, 0.6) is 0 Å². The molecule has 1 N–H and O–H groups in total. The van der Waals surface area contributed by atoms with Crippen LogP contribution < -0.4 is 10.2 Å². The summed E-state index contributed by atoms with van der Waals surface area (Å²) < 4.78 is 1.01. The minimum Gasteiger partial charge on any atom is -0.329 e. The lowest BCUT2D eigenvalue weighted by atomic mass is 10.2. The molecule has 0 fully saturated rings. The van der Waals surface area contributed by atoms with Crippen molar-refractivity contribution >= 4 is 27.4 Å². The van der Waals surface area contributed by atoms with Crippen molar-refractivity contribution in [2.75, 3.05) is 18.5 Å². The van der Waals surface area contributed by atoms with Crippen molar-refractivity contribution in [2.24, 2.45) is 0 Å². The number of benzene rings is 1. The minimum absolute atomic E-state index is 0.825.